The third-order valence-corrected chi connectivity index (χ3v) is 5.15. The van der Waals surface area contributed by atoms with Crippen LogP contribution in [0.5, 0.6) is 5.75 Å². The molecule has 1 aliphatic heterocycles. The molecule has 27 heavy (non-hydrogen) atoms. The first kappa shape index (κ1) is 21.5. The van der Waals surface area contributed by atoms with Crippen LogP contribution in [0.4, 0.5) is 0 Å². The first-order valence-corrected chi connectivity index (χ1v) is 9.98. The Kier molecular flexibility index (Phi) is 9.42. The van der Waals surface area contributed by atoms with Gasteiger partial charge in [0, 0.05) is 53.0 Å². The first-order valence-electron chi connectivity index (χ1n) is 9.98. The van der Waals surface area contributed by atoms with Gasteiger partial charge in [-0.15, -0.1) is 0 Å². The summed E-state index contributed by atoms with van der Waals surface area (Å²) in [6.45, 7) is 7.18. The van der Waals surface area contributed by atoms with E-state index >= 15 is 0 Å². The molecule has 6 heteroatoms. The van der Waals surface area contributed by atoms with Gasteiger partial charge in [0.25, 0.3) is 0 Å². The summed E-state index contributed by atoms with van der Waals surface area (Å²) in [4.78, 5) is 6.91. The van der Waals surface area contributed by atoms with Gasteiger partial charge in [-0.05, 0) is 49.8 Å². The van der Waals surface area contributed by atoms with E-state index in [1.165, 1.54) is 11.1 Å². The zero-order valence-electron chi connectivity index (χ0n) is 17.4. The molecule has 2 N–H and O–H groups in total. The van der Waals surface area contributed by atoms with E-state index in [1.807, 2.05) is 7.05 Å². The molecule has 0 aromatic heterocycles. The van der Waals surface area contributed by atoms with Crippen LogP contribution in [-0.2, 0) is 11.2 Å². The van der Waals surface area contributed by atoms with E-state index in [0.717, 1.165) is 70.2 Å². The van der Waals surface area contributed by atoms with Gasteiger partial charge in [-0.2, -0.15) is 0 Å². The second-order valence-corrected chi connectivity index (χ2v) is 7.16. The fourth-order valence-electron chi connectivity index (χ4n) is 3.47. The number of rotatable bonds is 9. The third-order valence-electron chi connectivity index (χ3n) is 5.15. The summed E-state index contributed by atoms with van der Waals surface area (Å²) in [5.41, 5.74) is 2.44. The lowest BCUT2D eigenvalue weighted by atomic mass is 10.1. The molecule has 0 radical (unpaired) electrons. The second-order valence-electron chi connectivity index (χ2n) is 7.16. The number of piperidine rings is 1. The lowest BCUT2D eigenvalue weighted by Gasteiger charge is -2.33. The molecular weight excluding hydrogens is 340 g/mol. The topological polar surface area (TPSA) is 58.1 Å². The minimum Gasteiger partial charge on any atom is -0.496 e. The summed E-state index contributed by atoms with van der Waals surface area (Å²) in [5, 5.41) is 7.01. The van der Waals surface area contributed by atoms with Crippen molar-refractivity contribution < 1.29 is 9.47 Å². The maximum atomic E-state index is 5.41. The molecule has 1 heterocycles. The Morgan fingerprint density at radius 3 is 2.70 bits per heavy atom. The fraction of sp³-hybridized carbons (Fsp3) is 0.667. The second kappa shape index (κ2) is 11.8. The number of ether oxygens (including phenoxy) is 2. The molecule has 152 valence electrons. The van der Waals surface area contributed by atoms with E-state index in [2.05, 4.69) is 45.6 Å². The molecule has 0 aliphatic carbocycles. The molecule has 0 saturated carbocycles. The minimum atomic E-state index is 0.495. The van der Waals surface area contributed by atoms with Gasteiger partial charge >= 0.3 is 0 Å². The predicted octanol–water partition coefficient (Wildman–Crippen LogP) is 2.21. The van der Waals surface area contributed by atoms with Gasteiger partial charge in [-0.25, -0.2) is 0 Å². The largest absolute Gasteiger partial charge is 0.496 e. The number of aryl methyl sites for hydroxylation is 1. The highest BCUT2D eigenvalue weighted by molar-refractivity contribution is 5.79. The Labute approximate surface area is 164 Å². The number of nitrogens with zero attached hydrogens (tertiary/aromatic N) is 2. The molecule has 1 aromatic rings. The van der Waals surface area contributed by atoms with Crippen molar-refractivity contribution in [1.82, 2.24) is 15.5 Å². The highest BCUT2D eigenvalue weighted by Gasteiger charge is 2.19. The number of guanidine groups is 1. The molecule has 2 rings (SSSR count). The molecule has 1 fully saturated rings. The highest BCUT2D eigenvalue weighted by Crippen LogP contribution is 2.19. The number of hydrogen-bond acceptors (Lipinski definition) is 4. The van der Waals surface area contributed by atoms with E-state index < -0.39 is 0 Å². The van der Waals surface area contributed by atoms with Crippen molar-refractivity contribution in [3.63, 3.8) is 0 Å². The zero-order valence-corrected chi connectivity index (χ0v) is 17.4. The smallest absolute Gasteiger partial charge is 0.191 e. The summed E-state index contributed by atoms with van der Waals surface area (Å²) in [6, 6.07) is 6.89. The van der Waals surface area contributed by atoms with Crippen LogP contribution < -0.4 is 15.4 Å². The van der Waals surface area contributed by atoms with Crippen molar-refractivity contribution in [3.8, 4) is 5.75 Å². The zero-order chi connectivity index (χ0) is 19.5. The van der Waals surface area contributed by atoms with Gasteiger partial charge in [0.15, 0.2) is 5.96 Å². The number of benzene rings is 1. The van der Waals surface area contributed by atoms with E-state index in [9.17, 15) is 0 Å². The lowest BCUT2D eigenvalue weighted by Crippen LogP contribution is -2.49. The van der Waals surface area contributed by atoms with Crippen LogP contribution >= 0.6 is 0 Å². The maximum Gasteiger partial charge on any atom is 0.191 e. The molecule has 1 aromatic carbocycles. The molecule has 0 atom stereocenters. The summed E-state index contributed by atoms with van der Waals surface area (Å²) in [5.74, 6) is 1.85. The van der Waals surface area contributed by atoms with Crippen molar-refractivity contribution >= 4 is 5.96 Å². The Morgan fingerprint density at radius 1 is 1.26 bits per heavy atom. The van der Waals surface area contributed by atoms with Gasteiger partial charge in [-0.3, -0.25) is 4.99 Å². The Balaban J connectivity index is 1.69. The van der Waals surface area contributed by atoms with Crippen LogP contribution in [0, 0.1) is 6.92 Å². The van der Waals surface area contributed by atoms with Crippen LogP contribution in [0.2, 0.25) is 0 Å². The van der Waals surface area contributed by atoms with Crippen molar-refractivity contribution in [2.45, 2.75) is 38.6 Å². The van der Waals surface area contributed by atoms with Gasteiger partial charge in [0.05, 0.1) is 7.11 Å². The molecule has 6 nitrogen and oxygen atoms in total. The molecule has 0 amide bonds. The van der Waals surface area contributed by atoms with Crippen LogP contribution in [0.15, 0.2) is 23.2 Å². The van der Waals surface area contributed by atoms with E-state index in [1.54, 1.807) is 14.2 Å². The van der Waals surface area contributed by atoms with Crippen LogP contribution in [-0.4, -0.2) is 71.0 Å². The van der Waals surface area contributed by atoms with Gasteiger partial charge in [0.1, 0.15) is 5.75 Å². The standard InChI is InChI=1S/C21H36N4O2/c1-17-6-7-18(16-20(17)27-4)8-11-23-21(22-2)24-19-9-13-25(14-10-19)12-5-15-26-3/h6-7,16,19H,5,8-15H2,1-4H3,(H2,22,23,24). The van der Waals surface area contributed by atoms with Crippen molar-refractivity contribution in [2.75, 3.05) is 54.1 Å². The van der Waals surface area contributed by atoms with Crippen LogP contribution in [0.1, 0.15) is 30.4 Å². The third kappa shape index (κ3) is 7.39. The lowest BCUT2D eigenvalue weighted by molar-refractivity contribution is 0.155. The van der Waals surface area contributed by atoms with E-state index in [4.69, 9.17) is 9.47 Å². The average Bonchev–Trinajstić information content (AvgIpc) is 2.69. The molecule has 0 spiro atoms. The molecule has 0 bridgehead atoms. The summed E-state index contributed by atoms with van der Waals surface area (Å²) >= 11 is 0. The molecule has 0 unspecified atom stereocenters. The Hall–Kier alpha value is -1.79. The predicted molar refractivity (Wildman–Crippen MR) is 112 cm³/mol. The van der Waals surface area contributed by atoms with Gasteiger partial charge < -0.3 is 25.0 Å². The molecular formula is C21H36N4O2. The van der Waals surface area contributed by atoms with Crippen LogP contribution in [0.3, 0.4) is 0 Å². The summed E-state index contributed by atoms with van der Waals surface area (Å²) in [7, 11) is 5.33. The summed E-state index contributed by atoms with van der Waals surface area (Å²) < 4.78 is 10.5. The maximum absolute atomic E-state index is 5.41. The first-order chi connectivity index (χ1) is 13.2. The average molecular weight is 377 g/mol. The highest BCUT2D eigenvalue weighted by atomic mass is 16.5. The van der Waals surface area contributed by atoms with Crippen LogP contribution in [0.25, 0.3) is 0 Å². The number of methoxy groups -OCH3 is 2. The van der Waals surface area contributed by atoms with Crippen molar-refractivity contribution in [2.24, 2.45) is 4.99 Å². The number of nitrogens with one attached hydrogen (secondary N) is 2. The van der Waals surface area contributed by atoms with Gasteiger partial charge in [0.2, 0.25) is 0 Å². The van der Waals surface area contributed by atoms with E-state index in [0.29, 0.717) is 6.04 Å². The van der Waals surface area contributed by atoms with Crippen molar-refractivity contribution in [3.05, 3.63) is 29.3 Å². The minimum absolute atomic E-state index is 0.495. The summed E-state index contributed by atoms with van der Waals surface area (Å²) in [6.07, 6.45) is 4.36. The Morgan fingerprint density at radius 2 is 2.04 bits per heavy atom. The van der Waals surface area contributed by atoms with Gasteiger partial charge in [-0.1, -0.05) is 12.1 Å². The number of likely N-dealkylation sites (tertiary alicyclic amines) is 1. The molecule has 1 saturated heterocycles. The number of aliphatic imine (C=N–C) groups is 1. The quantitative estimate of drug-likeness (QED) is 0.393. The van der Waals surface area contributed by atoms with E-state index in [-0.39, 0.29) is 0 Å². The fourth-order valence-corrected chi connectivity index (χ4v) is 3.47. The number of hydrogen-bond donors (Lipinski definition) is 2. The SMILES string of the molecule is CN=C(NCCc1ccc(C)c(OC)c1)NC1CCN(CCCOC)CC1. The van der Waals surface area contributed by atoms with Crippen molar-refractivity contribution in [1.29, 1.82) is 0 Å². The Bertz CT molecular complexity index is 584. The normalized spacial score (nSPS) is 16.4. The molecule has 1 aliphatic rings. The monoisotopic (exact) mass is 376 g/mol.